The number of unbranched alkanes of at least 4 members (excludes halogenated alkanes) is 1. The molecular weight excluding hydrogens is 462 g/mol. The van der Waals surface area contributed by atoms with Crippen LogP contribution in [0.15, 0.2) is 31.7 Å². The third kappa shape index (κ3) is 5.10. The van der Waals surface area contributed by atoms with Crippen molar-refractivity contribution in [2.45, 2.75) is 52.5 Å². The van der Waals surface area contributed by atoms with E-state index in [1.807, 2.05) is 39.0 Å². The summed E-state index contributed by atoms with van der Waals surface area (Å²) < 4.78 is 7.51. The maximum absolute atomic E-state index is 12.6. The third-order valence-corrected chi connectivity index (χ3v) is 5.15. The Balaban J connectivity index is 2.38. The summed E-state index contributed by atoms with van der Waals surface area (Å²) in [6, 6.07) is 5.72. The number of carbonyl (C=O) groups is 1. The van der Waals surface area contributed by atoms with Gasteiger partial charge in [0.15, 0.2) is 11.6 Å². The van der Waals surface area contributed by atoms with Crippen LogP contribution in [0.5, 0.6) is 0 Å². The average molecular weight is 487 g/mol. The second-order valence-electron chi connectivity index (χ2n) is 7.26. The Kier molecular flexibility index (Phi) is 6.91. The van der Waals surface area contributed by atoms with Gasteiger partial charge in [-0.15, -0.1) is 0 Å². The van der Waals surface area contributed by atoms with Crippen LogP contribution in [0.3, 0.4) is 0 Å². The topological polar surface area (TPSA) is 58.4 Å². The number of nitrogens with one attached hydrogen (secondary N) is 1. The van der Waals surface area contributed by atoms with E-state index < -0.39 is 0 Å². The molecule has 1 heterocycles. The van der Waals surface area contributed by atoms with Gasteiger partial charge in [0.05, 0.1) is 0 Å². The molecule has 142 valence electrons. The number of benzene rings is 1. The largest absolute Gasteiger partial charge is 0.354 e. The molecule has 0 unspecified atom stereocenters. The zero-order valence-corrected chi connectivity index (χ0v) is 19.0. The first kappa shape index (κ1) is 21.0. The zero-order valence-electron chi connectivity index (χ0n) is 15.8. The molecule has 0 aliphatic heterocycles. The van der Waals surface area contributed by atoms with Gasteiger partial charge in [0.1, 0.15) is 0 Å². The summed E-state index contributed by atoms with van der Waals surface area (Å²) >= 11 is 7.01. The fourth-order valence-corrected chi connectivity index (χ4v) is 3.69. The maximum atomic E-state index is 12.6. The number of aromatic nitrogens is 1. The normalized spacial score (nSPS) is 11.5. The minimum absolute atomic E-state index is 0.203. The lowest BCUT2D eigenvalue weighted by atomic mass is 10.0. The molecule has 0 aliphatic rings. The highest BCUT2D eigenvalue weighted by Gasteiger charge is 2.25. The predicted octanol–water partition coefficient (Wildman–Crippen LogP) is 6.47. The van der Waals surface area contributed by atoms with E-state index in [1.54, 1.807) is 11.9 Å². The Bertz CT molecular complexity index is 761. The van der Waals surface area contributed by atoms with E-state index in [1.165, 1.54) is 0 Å². The molecule has 0 saturated carbocycles. The first-order chi connectivity index (χ1) is 12.1. The first-order valence-corrected chi connectivity index (χ1v) is 10.2. The molecule has 2 amide bonds. The quantitative estimate of drug-likeness (QED) is 0.526. The SMILES string of the molecule is CCCCc1c(NC(=O)N(C)C(C)(C)C)noc1-c1cc(Br)cc(Br)c1. The second-order valence-corrected chi connectivity index (χ2v) is 9.09. The summed E-state index contributed by atoms with van der Waals surface area (Å²) in [5.74, 6) is 1.18. The van der Waals surface area contributed by atoms with Crippen molar-refractivity contribution in [2.75, 3.05) is 12.4 Å². The van der Waals surface area contributed by atoms with Crippen LogP contribution >= 0.6 is 31.9 Å². The molecule has 2 aromatic rings. The molecule has 5 nitrogen and oxygen atoms in total. The second kappa shape index (κ2) is 8.57. The highest BCUT2D eigenvalue weighted by molar-refractivity contribution is 9.11. The zero-order chi connectivity index (χ0) is 19.5. The molecule has 0 atom stereocenters. The van der Waals surface area contributed by atoms with Gasteiger partial charge in [-0.05, 0) is 51.8 Å². The average Bonchev–Trinajstić information content (AvgIpc) is 2.92. The minimum Gasteiger partial charge on any atom is -0.354 e. The van der Waals surface area contributed by atoms with Crippen LogP contribution in [0.4, 0.5) is 10.6 Å². The molecule has 1 aromatic heterocycles. The number of hydrogen-bond donors (Lipinski definition) is 1. The lowest BCUT2D eigenvalue weighted by Gasteiger charge is -2.31. The molecule has 0 bridgehead atoms. The van der Waals surface area contributed by atoms with Gasteiger partial charge in [0.25, 0.3) is 0 Å². The van der Waals surface area contributed by atoms with Crippen LogP contribution in [0.2, 0.25) is 0 Å². The molecule has 0 fully saturated rings. The van der Waals surface area contributed by atoms with Crippen molar-refractivity contribution < 1.29 is 9.32 Å². The Labute approximate surface area is 171 Å². The fraction of sp³-hybridized carbons (Fsp3) is 0.474. The van der Waals surface area contributed by atoms with Crippen molar-refractivity contribution in [3.8, 4) is 11.3 Å². The van der Waals surface area contributed by atoms with E-state index in [0.717, 1.165) is 39.3 Å². The third-order valence-electron chi connectivity index (χ3n) is 4.23. The van der Waals surface area contributed by atoms with Gasteiger partial charge < -0.3 is 9.42 Å². The summed E-state index contributed by atoms with van der Waals surface area (Å²) in [6.07, 6.45) is 2.82. The van der Waals surface area contributed by atoms with E-state index >= 15 is 0 Å². The molecule has 2 rings (SSSR count). The van der Waals surface area contributed by atoms with E-state index in [0.29, 0.717) is 11.6 Å². The molecule has 1 aromatic carbocycles. The first-order valence-electron chi connectivity index (χ1n) is 8.63. The Morgan fingerprint density at radius 1 is 1.23 bits per heavy atom. The van der Waals surface area contributed by atoms with Crippen molar-refractivity contribution in [1.29, 1.82) is 0 Å². The van der Waals surface area contributed by atoms with Gasteiger partial charge in [-0.25, -0.2) is 4.79 Å². The minimum atomic E-state index is -0.282. The number of rotatable bonds is 5. The number of nitrogens with zero attached hydrogens (tertiary/aromatic N) is 2. The molecule has 26 heavy (non-hydrogen) atoms. The van der Waals surface area contributed by atoms with Crippen LogP contribution in [-0.2, 0) is 6.42 Å². The Morgan fingerprint density at radius 2 is 1.85 bits per heavy atom. The smallest absolute Gasteiger partial charge is 0.323 e. The summed E-state index contributed by atoms with van der Waals surface area (Å²) in [4.78, 5) is 14.2. The standard InChI is InChI=1S/C19H25Br2N3O2/c1-6-7-8-15-16(12-9-13(20)11-14(21)10-12)26-23-17(15)22-18(25)24(5)19(2,3)4/h9-11H,6-8H2,1-5H3,(H,22,23,25). The molecular formula is C19H25Br2N3O2. The monoisotopic (exact) mass is 485 g/mol. The van der Waals surface area contributed by atoms with Crippen LogP contribution in [0.25, 0.3) is 11.3 Å². The molecule has 0 saturated heterocycles. The van der Waals surface area contributed by atoms with Gasteiger partial charge in [-0.1, -0.05) is 50.4 Å². The van der Waals surface area contributed by atoms with Gasteiger partial charge in [0.2, 0.25) is 0 Å². The van der Waals surface area contributed by atoms with Crippen molar-refractivity contribution in [2.24, 2.45) is 0 Å². The van der Waals surface area contributed by atoms with E-state index in [9.17, 15) is 4.79 Å². The van der Waals surface area contributed by atoms with E-state index in [-0.39, 0.29) is 11.6 Å². The van der Waals surface area contributed by atoms with Crippen LogP contribution in [0, 0.1) is 0 Å². The fourth-order valence-electron chi connectivity index (χ4n) is 2.39. The van der Waals surface area contributed by atoms with Crippen molar-refractivity contribution >= 4 is 43.7 Å². The molecule has 0 aliphatic carbocycles. The summed E-state index contributed by atoms with van der Waals surface area (Å²) in [5, 5.41) is 7.05. The van der Waals surface area contributed by atoms with E-state index in [2.05, 4.69) is 49.3 Å². The van der Waals surface area contributed by atoms with Crippen LogP contribution < -0.4 is 5.32 Å². The van der Waals surface area contributed by atoms with Crippen LogP contribution in [0.1, 0.15) is 46.1 Å². The Hall–Kier alpha value is -1.34. The summed E-state index contributed by atoms with van der Waals surface area (Å²) in [6.45, 7) is 8.09. The number of carbonyl (C=O) groups excluding carboxylic acids is 1. The number of amides is 2. The molecule has 0 spiro atoms. The molecule has 0 radical (unpaired) electrons. The number of anilines is 1. The lowest BCUT2D eigenvalue weighted by molar-refractivity contribution is 0.178. The molecule has 7 heteroatoms. The van der Waals surface area contributed by atoms with Crippen molar-refractivity contribution in [3.05, 3.63) is 32.7 Å². The number of urea groups is 1. The molecule has 1 N–H and O–H groups in total. The van der Waals surface area contributed by atoms with E-state index in [4.69, 9.17) is 4.52 Å². The Morgan fingerprint density at radius 3 is 2.38 bits per heavy atom. The highest BCUT2D eigenvalue weighted by atomic mass is 79.9. The van der Waals surface area contributed by atoms with Crippen molar-refractivity contribution in [1.82, 2.24) is 10.1 Å². The number of halogens is 2. The van der Waals surface area contributed by atoms with Crippen molar-refractivity contribution in [3.63, 3.8) is 0 Å². The van der Waals surface area contributed by atoms with Gasteiger partial charge in [-0.2, -0.15) is 0 Å². The summed E-state index contributed by atoms with van der Waals surface area (Å²) in [7, 11) is 1.77. The van der Waals surface area contributed by atoms with Crippen LogP contribution in [-0.4, -0.2) is 28.7 Å². The highest BCUT2D eigenvalue weighted by Crippen LogP contribution is 2.34. The number of hydrogen-bond acceptors (Lipinski definition) is 3. The lowest BCUT2D eigenvalue weighted by Crippen LogP contribution is -2.44. The predicted molar refractivity (Wildman–Crippen MR) is 112 cm³/mol. The maximum Gasteiger partial charge on any atom is 0.323 e. The van der Waals surface area contributed by atoms with Gasteiger partial charge >= 0.3 is 6.03 Å². The van der Waals surface area contributed by atoms with Gasteiger partial charge in [0, 0.05) is 32.7 Å². The summed E-state index contributed by atoms with van der Waals surface area (Å²) in [5.41, 5.74) is 1.55. The van der Waals surface area contributed by atoms with Gasteiger partial charge in [-0.3, -0.25) is 5.32 Å².